The van der Waals surface area contributed by atoms with Gasteiger partial charge in [-0.05, 0) is 48.5 Å². The Bertz CT molecular complexity index is 1270. The highest BCUT2D eigenvalue weighted by Crippen LogP contribution is 2.22. The van der Waals surface area contributed by atoms with Gasteiger partial charge < -0.3 is 4.42 Å². The van der Waals surface area contributed by atoms with Gasteiger partial charge in [0.1, 0.15) is 5.76 Å². The molecule has 0 bridgehead atoms. The topological polar surface area (TPSA) is 89.5 Å². The molecule has 2 aromatic heterocycles. The van der Waals surface area contributed by atoms with Crippen LogP contribution in [0.1, 0.15) is 5.76 Å². The van der Waals surface area contributed by atoms with Gasteiger partial charge in [0, 0.05) is 5.02 Å². The second-order valence-corrected chi connectivity index (χ2v) is 7.50. The first-order valence-corrected chi connectivity index (χ1v) is 10.2. The van der Waals surface area contributed by atoms with E-state index in [9.17, 15) is 9.59 Å². The van der Waals surface area contributed by atoms with Crippen molar-refractivity contribution in [1.82, 2.24) is 15.0 Å². The minimum absolute atomic E-state index is 0.0217. The molecule has 1 amide bonds. The van der Waals surface area contributed by atoms with Crippen LogP contribution in [-0.2, 0) is 4.79 Å². The number of para-hydroxylation sites is 1. The average molecular weight is 439 g/mol. The first-order valence-electron chi connectivity index (χ1n) is 8.88. The number of halogens is 1. The second-order valence-electron chi connectivity index (χ2n) is 6.13. The van der Waals surface area contributed by atoms with Crippen LogP contribution in [0.2, 0.25) is 5.02 Å². The zero-order valence-electron chi connectivity index (χ0n) is 15.5. The summed E-state index contributed by atoms with van der Waals surface area (Å²) in [5.74, 6) is 0.206. The van der Waals surface area contributed by atoms with Crippen LogP contribution in [0.4, 0.5) is 0 Å². The van der Waals surface area contributed by atoms with Crippen molar-refractivity contribution in [2.24, 2.45) is 5.10 Å². The number of thioether (sulfide) groups is 1. The predicted octanol–water partition coefficient (Wildman–Crippen LogP) is 3.87. The SMILES string of the molecule is O=C(CSc1nc2ccccc2c(=O)n1-c1ccc(Cl)cc1)N/N=C\c1ccco1. The molecule has 4 aromatic rings. The Morgan fingerprint density at radius 3 is 2.73 bits per heavy atom. The number of rotatable bonds is 6. The van der Waals surface area contributed by atoms with Crippen LogP contribution in [0.5, 0.6) is 0 Å². The molecule has 0 spiro atoms. The van der Waals surface area contributed by atoms with Gasteiger partial charge in [0.25, 0.3) is 11.5 Å². The molecule has 0 radical (unpaired) electrons. The maximum absolute atomic E-state index is 13.1. The molecular weight excluding hydrogens is 424 g/mol. The van der Waals surface area contributed by atoms with Crippen molar-refractivity contribution >= 4 is 46.4 Å². The predicted molar refractivity (Wildman–Crippen MR) is 118 cm³/mol. The summed E-state index contributed by atoms with van der Waals surface area (Å²) in [6.45, 7) is 0. The average Bonchev–Trinajstić information content (AvgIpc) is 3.27. The third-order valence-electron chi connectivity index (χ3n) is 4.09. The summed E-state index contributed by atoms with van der Waals surface area (Å²) in [7, 11) is 0. The number of benzene rings is 2. The third kappa shape index (κ3) is 4.45. The number of carbonyl (C=O) groups excluding carboxylic acids is 1. The van der Waals surface area contributed by atoms with Crippen molar-refractivity contribution in [3.05, 3.63) is 88.1 Å². The van der Waals surface area contributed by atoms with Gasteiger partial charge in [0.05, 0.1) is 34.8 Å². The lowest BCUT2D eigenvalue weighted by molar-refractivity contribution is -0.118. The standard InChI is InChI=1S/C21H15ClN4O3S/c22-14-7-9-15(10-8-14)26-20(28)17-5-1-2-6-18(17)24-21(26)30-13-19(27)25-23-12-16-4-3-11-29-16/h1-12H,13H2,(H,25,27)/b23-12-. The molecule has 2 heterocycles. The molecule has 0 aliphatic carbocycles. The van der Waals surface area contributed by atoms with Crippen molar-refractivity contribution in [1.29, 1.82) is 0 Å². The Morgan fingerprint density at radius 1 is 1.17 bits per heavy atom. The zero-order valence-corrected chi connectivity index (χ0v) is 17.1. The van der Waals surface area contributed by atoms with Gasteiger partial charge in [-0.1, -0.05) is 35.5 Å². The quantitative estimate of drug-likeness (QED) is 0.213. The van der Waals surface area contributed by atoms with Gasteiger partial charge in [0.15, 0.2) is 5.16 Å². The third-order valence-corrected chi connectivity index (χ3v) is 5.28. The molecular formula is C21H15ClN4O3S. The summed E-state index contributed by atoms with van der Waals surface area (Å²) in [6.07, 6.45) is 2.92. The molecule has 4 rings (SSSR count). The summed E-state index contributed by atoms with van der Waals surface area (Å²) in [5, 5.41) is 5.29. The van der Waals surface area contributed by atoms with Crippen molar-refractivity contribution in [2.45, 2.75) is 5.16 Å². The van der Waals surface area contributed by atoms with Crippen LogP contribution in [0.25, 0.3) is 16.6 Å². The molecule has 30 heavy (non-hydrogen) atoms. The molecule has 9 heteroatoms. The fourth-order valence-electron chi connectivity index (χ4n) is 2.72. The van der Waals surface area contributed by atoms with Crippen molar-refractivity contribution < 1.29 is 9.21 Å². The van der Waals surface area contributed by atoms with Gasteiger partial charge >= 0.3 is 0 Å². The van der Waals surface area contributed by atoms with Gasteiger partial charge in [-0.2, -0.15) is 5.10 Å². The molecule has 1 N–H and O–H groups in total. The Labute approximate surface area is 180 Å². The lowest BCUT2D eigenvalue weighted by Crippen LogP contribution is -2.24. The maximum Gasteiger partial charge on any atom is 0.266 e. The summed E-state index contributed by atoms with van der Waals surface area (Å²) in [4.78, 5) is 29.9. The molecule has 0 saturated heterocycles. The molecule has 0 saturated carbocycles. The minimum Gasteiger partial charge on any atom is -0.463 e. The summed E-state index contributed by atoms with van der Waals surface area (Å²) in [5.41, 5.74) is 3.38. The Kier molecular flexibility index (Phi) is 5.97. The number of aromatic nitrogens is 2. The Balaban J connectivity index is 1.60. The van der Waals surface area contributed by atoms with E-state index >= 15 is 0 Å². The lowest BCUT2D eigenvalue weighted by atomic mass is 10.2. The number of hydrogen-bond acceptors (Lipinski definition) is 6. The fourth-order valence-corrected chi connectivity index (χ4v) is 3.65. The van der Waals surface area contributed by atoms with Crippen LogP contribution >= 0.6 is 23.4 Å². The van der Waals surface area contributed by atoms with E-state index in [1.54, 1.807) is 54.6 Å². The number of hydrogen-bond donors (Lipinski definition) is 1. The molecule has 0 aliphatic rings. The van der Waals surface area contributed by atoms with Crippen LogP contribution in [-0.4, -0.2) is 27.4 Å². The summed E-state index contributed by atoms with van der Waals surface area (Å²) < 4.78 is 6.58. The van der Waals surface area contributed by atoms with E-state index in [-0.39, 0.29) is 17.2 Å². The highest BCUT2D eigenvalue weighted by Gasteiger charge is 2.14. The van der Waals surface area contributed by atoms with Gasteiger partial charge in [-0.15, -0.1) is 0 Å². The number of fused-ring (bicyclic) bond motifs is 1. The minimum atomic E-state index is -0.340. The van der Waals surface area contributed by atoms with Gasteiger partial charge in [-0.3, -0.25) is 14.2 Å². The number of nitrogens with one attached hydrogen (secondary N) is 1. The summed E-state index contributed by atoms with van der Waals surface area (Å²) in [6, 6.07) is 17.4. The summed E-state index contributed by atoms with van der Waals surface area (Å²) >= 11 is 7.12. The van der Waals surface area contributed by atoms with E-state index < -0.39 is 0 Å². The zero-order chi connectivity index (χ0) is 20.9. The fraction of sp³-hybridized carbons (Fsp3) is 0.0476. The molecule has 0 aliphatic heterocycles. The maximum atomic E-state index is 13.1. The smallest absolute Gasteiger partial charge is 0.266 e. The van der Waals surface area contributed by atoms with Crippen LogP contribution in [0.3, 0.4) is 0 Å². The largest absolute Gasteiger partial charge is 0.463 e. The van der Waals surface area contributed by atoms with Crippen molar-refractivity contribution in [2.75, 3.05) is 5.75 Å². The highest BCUT2D eigenvalue weighted by molar-refractivity contribution is 7.99. The van der Waals surface area contributed by atoms with E-state index in [1.165, 1.54) is 17.0 Å². The van der Waals surface area contributed by atoms with E-state index in [0.29, 0.717) is 32.5 Å². The monoisotopic (exact) mass is 438 g/mol. The first kappa shape index (κ1) is 19.9. The highest BCUT2D eigenvalue weighted by atomic mass is 35.5. The van der Waals surface area contributed by atoms with Crippen molar-refractivity contribution in [3.63, 3.8) is 0 Å². The molecule has 0 atom stereocenters. The van der Waals surface area contributed by atoms with E-state index in [2.05, 4.69) is 15.5 Å². The van der Waals surface area contributed by atoms with Gasteiger partial charge in [0.2, 0.25) is 0 Å². The van der Waals surface area contributed by atoms with E-state index in [4.69, 9.17) is 16.0 Å². The Morgan fingerprint density at radius 2 is 1.97 bits per heavy atom. The molecule has 0 fully saturated rings. The lowest BCUT2D eigenvalue weighted by Gasteiger charge is -2.13. The van der Waals surface area contributed by atoms with Gasteiger partial charge in [-0.25, -0.2) is 10.4 Å². The van der Waals surface area contributed by atoms with Crippen LogP contribution in [0.15, 0.2) is 86.4 Å². The second kappa shape index (κ2) is 8.98. The molecule has 2 aromatic carbocycles. The van der Waals surface area contributed by atoms with E-state index in [1.807, 2.05) is 6.07 Å². The van der Waals surface area contributed by atoms with Crippen molar-refractivity contribution in [3.8, 4) is 5.69 Å². The number of nitrogens with zero attached hydrogens (tertiary/aromatic N) is 3. The van der Waals surface area contributed by atoms with E-state index in [0.717, 1.165) is 11.8 Å². The van der Waals surface area contributed by atoms with Crippen LogP contribution in [0, 0.1) is 0 Å². The molecule has 7 nitrogen and oxygen atoms in total. The molecule has 0 unspecified atom stereocenters. The molecule has 150 valence electrons. The number of carbonyl (C=O) groups is 1. The number of amides is 1. The Hall–Kier alpha value is -3.36. The number of hydrazone groups is 1. The normalized spacial score (nSPS) is 11.2. The number of furan rings is 1. The first-order chi connectivity index (χ1) is 14.6. The van der Waals surface area contributed by atoms with Crippen LogP contribution < -0.4 is 11.0 Å².